The van der Waals surface area contributed by atoms with Crippen molar-refractivity contribution in [1.29, 1.82) is 0 Å². The molecular weight excluding hydrogens is 284 g/mol. The molecule has 0 aliphatic heterocycles. The van der Waals surface area contributed by atoms with E-state index in [4.69, 9.17) is 14.3 Å². The fourth-order valence-electron chi connectivity index (χ4n) is 1.55. The van der Waals surface area contributed by atoms with E-state index in [1.165, 1.54) is 43.9 Å². The number of hydrogen-bond donors (Lipinski definition) is 2. The number of amides is 1. The predicted octanol–water partition coefficient (Wildman–Crippen LogP) is 1.19. The molecule has 0 aliphatic rings. The van der Waals surface area contributed by atoms with Crippen LogP contribution in [0.3, 0.4) is 0 Å². The summed E-state index contributed by atoms with van der Waals surface area (Å²) in [5.74, 6) is -0.141. The molecule has 0 unspecified atom stereocenters. The second-order valence-electron chi connectivity index (χ2n) is 3.87. The fourth-order valence-corrected chi connectivity index (χ4v) is 2.09. The highest BCUT2D eigenvalue weighted by molar-refractivity contribution is 7.89. The van der Waals surface area contributed by atoms with Crippen LogP contribution in [-0.2, 0) is 10.0 Å². The van der Waals surface area contributed by atoms with Gasteiger partial charge in [0.05, 0.1) is 29.5 Å². The van der Waals surface area contributed by atoms with Gasteiger partial charge in [0.25, 0.3) is 5.91 Å². The third-order valence-corrected chi connectivity index (χ3v) is 3.44. The van der Waals surface area contributed by atoms with Crippen LogP contribution in [0.4, 0.5) is 5.69 Å². The van der Waals surface area contributed by atoms with Crippen LogP contribution in [0.2, 0.25) is 0 Å². The highest BCUT2D eigenvalue weighted by atomic mass is 32.2. The number of rotatable bonds is 4. The third-order valence-electron chi connectivity index (χ3n) is 2.53. The molecule has 3 N–H and O–H groups in total. The van der Waals surface area contributed by atoms with Crippen molar-refractivity contribution in [2.45, 2.75) is 4.90 Å². The SMILES string of the molecule is COc1ccc(S(N)(=O)=O)cc1NC(=O)c1ccoc1. The van der Waals surface area contributed by atoms with Crippen molar-refractivity contribution in [3.05, 3.63) is 42.4 Å². The minimum Gasteiger partial charge on any atom is -0.495 e. The summed E-state index contributed by atoms with van der Waals surface area (Å²) in [6.45, 7) is 0. The molecule has 7 nitrogen and oxygen atoms in total. The molecule has 1 aromatic carbocycles. The summed E-state index contributed by atoms with van der Waals surface area (Å²) >= 11 is 0. The van der Waals surface area contributed by atoms with E-state index in [-0.39, 0.29) is 10.6 Å². The molecular formula is C12H12N2O5S. The van der Waals surface area contributed by atoms with Crippen LogP contribution < -0.4 is 15.2 Å². The van der Waals surface area contributed by atoms with Crippen LogP contribution in [-0.4, -0.2) is 21.4 Å². The first-order valence-electron chi connectivity index (χ1n) is 5.46. The number of carbonyl (C=O) groups excluding carboxylic acids is 1. The van der Waals surface area contributed by atoms with E-state index in [0.29, 0.717) is 11.3 Å². The lowest BCUT2D eigenvalue weighted by Gasteiger charge is -2.10. The summed E-state index contributed by atoms with van der Waals surface area (Å²) in [6, 6.07) is 5.41. The number of furan rings is 1. The van der Waals surface area contributed by atoms with Gasteiger partial charge in [-0.1, -0.05) is 0 Å². The van der Waals surface area contributed by atoms with E-state index >= 15 is 0 Å². The van der Waals surface area contributed by atoms with Gasteiger partial charge >= 0.3 is 0 Å². The Morgan fingerprint density at radius 3 is 2.65 bits per heavy atom. The van der Waals surface area contributed by atoms with E-state index in [1.807, 2.05) is 0 Å². The van der Waals surface area contributed by atoms with Crippen LogP contribution in [0.5, 0.6) is 5.75 Å². The summed E-state index contributed by atoms with van der Waals surface area (Å²) < 4.78 is 32.5. The first-order chi connectivity index (χ1) is 9.41. The number of ether oxygens (including phenoxy) is 1. The van der Waals surface area contributed by atoms with Crippen LogP contribution in [0.1, 0.15) is 10.4 Å². The number of benzene rings is 1. The largest absolute Gasteiger partial charge is 0.495 e. The van der Waals surface area contributed by atoms with Crippen LogP contribution in [0.15, 0.2) is 46.1 Å². The number of methoxy groups -OCH3 is 1. The Balaban J connectivity index is 2.37. The van der Waals surface area contributed by atoms with Gasteiger partial charge in [-0.05, 0) is 24.3 Å². The van der Waals surface area contributed by atoms with E-state index in [1.54, 1.807) is 0 Å². The number of nitrogens with two attached hydrogens (primary N) is 1. The molecule has 106 valence electrons. The zero-order valence-corrected chi connectivity index (χ0v) is 11.3. The van der Waals surface area contributed by atoms with E-state index in [0.717, 1.165) is 0 Å². The molecule has 1 heterocycles. The average molecular weight is 296 g/mol. The second kappa shape index (κ2) is 5.35. The Kier molecular flexibility index (Phi) is 3.77. The number of sulfonamides is 1. The van der Waals surface area contributed by atoms with Crippen molar-refractivity contribution < 1.29 is 22.4 Å². The predicted molar refractivity (Wildman–Crippen MR) is 71.0 cm³/mol. The number of carbonyl (C=O) groups is 1. The summed E-state index contributed by atoms with van der Waals surface area (Å²) in [7, 11) is -2.46. The first-order valence-corrected chi connectivity index (χ1v) is 7.01. The maximum Gasteiger partial charge on any atom is 0.259 e. The van der Waals surface area contributed by atoms with Gasteiger partial charge in [0, 0.05) is 0 Å². The van der Waals surface area contributed by atoms with E-state index in [2.05, 4.69) is 5.32 Å². The second-order valence-corrected chi connectivity index (χ2v) is 5.43. The van der Waals surface area contributed by atoms with Crippen LogP contribution in [0, 0.1) is 0 Å². The normalized spacial score (nSPS) is 11.1. The average Bonchev–Trinajstić information content (AvgIpc) is 2.91. The standard InChI is InChI=1S/C12H12N2O5S/c1-18-11-3-2-9(20(13,16)17)6-10(11)14-12(15)8-4-5-19-7-8/h2-7H,1H3,(H,14,15)(H2,13,16,17). The summed E-state index contributed by atoms with van der Waals surface area (Å²) in [5.41, 5.74) is 0.498. The van der Waals surface area contributed by atoms with Gasteiger partial charge in [0.1, 0.15) is 12.0 Å². The molecule has 2 rings (SSSR count). The van der Waals surface area contributed by atoms with E-state index < -0.39 is 15.9 Å². The topological polar surface area (TPSA) is 112 Å². The molecule has 1 aromatic heterocycles. The molecule has 0 bridgehead atoms. The molecule has 0 spiro atoms. The lowest BCUT2D eigenvalue weighted by molar-refractivity contribution is 0.102. The Hall–Kier alpha value is -2.32. The van der Waals surface area contributed by atoms with Crippen LogP contribution in [0.25, 0.3) is 0 Å². The Morgan fingerprint density at radius 2 is 2.10 bits per heavy atom. The summed E-state index contributed by atoms with van der Waals surface area (Å²) in [4.78, 5) is 11.8. The minimum absolute atomic E-state index is 0.124. The molecule has 20 heavy (non-hydrogen) atoms. The lowest BCUT2D eigenvalue weighted by atomic mass is 10.2. The molecule has 0 saturated heterocycles. The van der Waals surface area contributed by atoms with Gasteiger partial charge in [-0.25, -0.2) is 13.6 Å². The highest BCUT2D eigenvalue weighted by Crippen LogP contribution is 2.27. The Morgan fingerprint density at radius 1 is 1.35 bits per heavy atom. The number of primary sulfonamides is 1. The van der Waals surface area contributed by atoms with Gasteiger partial charge in [-0.15, -0.1) is 0 Å². The third kappa shape index (κ3) is 2.98. The molecule has 1 amide bonds. The molecule has 0 radical (unpaired) electrons. The highest BCUT2D eigenvalue weighted by Gasteiger charge is 2.15. The molecule has 0 fully saturated rings. The Labute approximate surface area is 115 Å². The summed E-state index contributed by atoms with van der Waals surface area (Å²) in [6.07, 6.45) is 2.62. The van der Waals surface area contributed by atoms with Crippen molar-refractivity contribution in [1.82, 2.24) is 0 Å². The number of anilines is 1. The maximum absolute atomic E-state index is 11.9. The zero-order chi connectivity index (χ0) is 14.8. The van der Waals surface area contributed by atoms with Crippen molar-refractivity contribution in [3.63, 3.8) is 0 Å². The van der Waals surface area contributed by atoms with Gasteiger partial charge < -0.3 is 14.5 Å². The van der Waals surface area contributed by atoms with Gasteiger partial charge in [0.2, 0.25) is 10.0 Å². The Bertz CT molecular complexity index is 722. The monoisotopic (exact) mass is 296 g/mol. The van der Waals surface area contributed by atoms with Crippen molar-refractivity contribution in [3.8, 4) is 5.75 Å². The van der Waals surface area contributed by atoms with Crippen LogP contribution >= 0.6 is 0 Å². The van der Waals surface area contributed by atoms with Crippen molar-refractivity contribution >= 4 is 21.6 Å². The first kappa shape index (κ1) is 14.1. The molecule has 0 saturated carbocycles. The molecule has 0 atom stereocenters. The van der Waals surface area contributed by atoms with Gasteiger partial charge in [-0.3, -0.25) is 4.79 Å². The lowest BCUT2D eigenvalue weighted by Crippen LogP contribution is -2.15. The fraction of sp³-hybridized carbons (Fsp3) is 0.0833. The molecule has 2 aromatic rings. The minimum atomic E-state index is -3.87. The van der Waals surface area contributed by atoms with Crippen molar-refractivity contribution in [2.24, 2.45) is 5.14 Å². The molecule has 0 aliphatic carbocycles. The quantitative estimate of drug-likeness (QED) is 0.880. The summed E-state index contributed by atoms with van der Waals surface area (Å²) in [5, 5.41) is 7.58. The van der Waals surface area contributed by atoms with Gasteiger partial charge in [-0.2, -0.15) is 0 Å². The van der Waals surface area contributed by atoms with E-state index in [9.17, 15) is 13.2 Å². The molecule has 8 heteroatoms. The van der Waals surface area contributed by atoms with Crippen molar-refractivity contribution in [2.75, 3.05) is 12.4 Å². The zero-order valence-electron chi connectivity index (χ0n) is 10.5. The number of nitrogens with one attached hydrogen (secondary N) is 1. The smallest absolute Gasteiger partial charge is 0.259 e. The van der Waals surface area contributed by atoms with Gasteiger partial charge in [0.15, 0.2) is 0 Å². The number of hydrogen-bond acceptors (Lipinski definition) is 5. The maximum atomic E-state index is 11.9.